The number of ether oxygens (including phenoxy) is 1. The Bertz CT molecular complexity index is 1100. The molecule has 0 bridgehead atoms. The second kappa shape index (κ2) is 9.49. The van der Waals surface area contributed by atoms with Gasteiger partial charge in [-0.2, -0.15) is 13.2 Å². The van der Waals surface area contributed by atoms with Crippen molar-refractivity contribution in [3.05, 3.63) is 59.4 Å². The van der Waals surface area contributed by atoms with Crippen LogP contribution in [0.4, 0.5) is 28.9 Å². The summed E-state index contributed by atoms with van der Waals surface area (Å²) in [4.78, 5) is 25.7. The van der Waals surface area contributed by atoms with Crippen LogP contribution in [-0.2, 0) is 20.5 Å². The van der Waals surface area contributed by atoms with Gasteiger partial charge in [-0.05, 0) is 61.6 Å². The summed E-state index contributed by atoms with van der Waals surface area (Å²) < 4.78 is 59.1. The summed E-state index contributed by atoms with van der Waals surface area (Å²) in [6.45, 7) is 0.491. The van der Waals surface area contributed by atoms with Crippen LogP contribution < -0.4 is 10.6 Å². The third-order valence-electron chi connectivity index (χ3n) is 7.04. The molecule has 188 valence electrons. The third-order valence-corrected chi connectivity index (χ3v) is 7.04. The van der Waals surface area contributed by atoms with Crippen LogP contribution in [0.1, 0.15) is 42.7 Å². The Morgan fingerprint density at radius 3 is 2.37 bits per heavy atom. The molecule has 3 N–H and O–H groups in total. The molecule has 1 aliphatic carbocycles. The number of benzene rings is 2. The quantitative estimate of drug-likeness (QED) is 0.493. The highest BCUT2D eigenvalue weighted by molar-refractivity contribution is 5.95. The molecule has 2 fully saturated rings. The molecule has 1 heterocycles. The number of carboxylic acid groups (broad SMARTS) is 1. The number of amides is 1. The lowest BCUT2D eigenvalue weighted by Crippen LogP contribution is -2.49. The third kappa shape index (κ3) is 5.12. The molecule has 10 heteroatoms. The maximum atomic E-state index is 14.4. The SMILES string of the molecule is CNc1ccc([C@H]2C[C@]3(CCCO3)C[C@@H](C(=O)Nc3ccc(C(F)(F)F)cc3F)[C@@H]2C(=O)O)cc1. The van der Waals surface area contributed by atoms with Gasteiger partial charge in [-0.3, -0.25) is 9.59 Å². The number of hydrogen-bond acceptors (Lipinski definition) is 4. The Balaban J connectivity index is 1.67. The van der Waals surface area contributed by atoms with E-state index in [0.29, 0.717) is 31.6 Å². The number of carbonyl (C=O) groups is 2. The zero-order chi connectivity index (χ0) is 25.4. The summed E-state index contributed by atoms with van der Waals surface area (Å²) in [6.07, 6.45) is -2.76. The molecule has 0 radical (unpaired) electrons. The van der Waals surface area contributed by atoms with Crippen molar-refractivity contribution in [2.45, 2.75) is 43.4 Å². The first-order valence-electron chi connectivity index (χ1n) is 11.3. The first-order chi connectivity index (χ1) is 16.5. The molecule has 2 aromatic carbocycles. The van der Waals surface area contributed by atoms with Crippen LogP contribution in [0.5, 0.6) is 0 Å². The first-order valence-corrected chi connectivity index (χ1v) is 11.3. The maximum absolute atomic E-state index is 14.4. The van der Waals surface area contributed by atoms with Gasteiger partial charge in [0.25, 0.3) is 0 Å². The fraction of sp³-hybridized carbons (Fsp3) is 0.440. The van der Waals surface area contributed by atoms with Gasteiger partial charge in [0.05, 0.1) is 28.7 Å². The lowest BCUT2D eigenvalue weighted by atomic mass is 9.62. The van der Waals surface area contributed by atoms with Crippen molar-refractivity contribution in [2.24, 2.45) is 11.8 Å². The molecule has 1 amide bonds. The number of rotatable bonds is 5. The predicted octanol–water partition coefficient (Wildman–Crippen LogP) is 5.27. The predicted molar refractivity (Wildman–Crippen MR) is 121 cm³/mol. The second-order valence-corrected chi connectivity index (χ2v) is 9.17. The van der Waals surface area contributed by atoms with Gasteiger partial charge in [-0.15, -0.1) is 0 Å². The van der Waals surface area contributed by atoms with E-state index in [4.69, 9.17) is 4.74 Å². The van der Waals surface area contributed by atoms with Gasteiger partial charge >= 0.3 is 12.1 Å². The van der Waals surface area contributed by atoms with Crippen molar-refractivity contribution in [1.29, 1.82) is 0 Å². The van der Waals surface area contributed by atoms with Crippen molar-refractivity contribution in [3.63, 3.8) is 0 Å². The smallest absolute Gasteiger partial charge is 0.416 e. The molecule has 4 rings (SSSR count). The zero-order valence-corrected chi connectivity index (χ0v) is 19.0. The molecule has 2 aliphatic rings. The number of hydrogen-bond donors (Lipinski definition) is 3. The molecule has 1 saturated carbocycles. The average molecular weight is 494 g/mol. The molecule has 6 nitrogen and oxygen atoms in total. The molecule has 1 aliphatic heterocycles. The number of nitrogens with one attached hydrogen (secondary N) is 2. The van der Waals surface area contributed by atoms with Crippen LogP contribution >= 0.6 is 0 Å². The summed E-state index contributed by atoms with van der Waals surface area (Å²) in [5.74, 6) is -5.92. The van der Waals surface area contributed by atoms with E-state index in [1.54, 1.807) is 7.05 Å². The Kier molecular flexibility index (Phi) is 6.77. The van der Waals surface area contributed by atoms with Gasteiger partial charge in [0.1, 0.15) is 5.82 Å². The summed E-state index contributed by atoms with van der Waals surface area (Å²) >= 11 is 0. The Labute approximate surface area is 199 Å². The van der Waals surface area contributed by atoms with Gasteiger partial charge in [-0.25, -0.2) is 4.39 Å². The van der Waals surface area contributed by atoms with E-state index in [9.17, 15) is 32.3 Å². The molecule has 1 saturated heterocycles. The van der Waals surface area contributed by atoms with Crippen LogP contribution in [0.25, 0.3) is 0 Å². The second-order valence-electron chi connectivity index (χ2n) is 9.17. The van der Waals surface area contributed by atoms with Gasteiger partial charge in [-0.1, -0.05) is 12.1 Å². The van der Waals surface area contributed by atoms with Gasteiger partial charge in [0, 0.05) is 25.3 Å². The van der Waals surface area contributed by atoms with E-state index in [-0.39, 0.29) is 6.42 Å². The van der Waals surface area contributed by atoms with Crippen molar-refractivity contribution >= 4 is 23.3 Å². The lowest BCUT2D eigenvalue weighted by Gasteiger charge is -2.44. The van der Waals surface area contributed by atoms with E-state index in [1.165, 1.54) is 0 Å². The fourth-order valence-corrected chi connectivity index (χ4v) is 5.34. The molecule has 4 atom stereocenters. The zero-order valence-electron chi connectivity index (χ0n) is 19.0. The summed E-state index contributed by atoms with van der Waals surface area (Å²) in [5, 5.41) is 15.5. The molecule has 35 heavy (non-hydrogen) atoms. The van der Waals surface area contributed by atoms with Crippen molar-refractivity contribution in [3.8, 4) is 0 Å². The number of carbonyl (C=O) groups excluding carboxylic acids is 1. The molecule has 0 aromatic heterocycles. The number of anilines is 2. The first kappa shape index (κ1) is 25.0. The normalized spacial score (nSPS) is 26.5. The van der Waals surface area contributed by atoms with E-state index in [0.717, 1.165) is 23.7 Å². The Hall–Kier alpha value is -3.14. The monoisotopic (exact) mass is 494 g/mol. The van der Waals surface area contributed by atoms with E-state index >= 15 is 0 Å². The molecule has 1 spiro atoms. The lowest BCUT2D eigenvalue weighted by molar-refractivity contribution is -0.155. The van der Waals surface area contributed by atoms with Crippen LogP contribution in [0, 0.1) is 17.7 Å². The molecule has 2 aromatic rings. The van der Waals surface area contributed by atoms with Crippen molar-refractivity contribution in [2.75, 3.05) is 24.3 Å². The minimum absolute atomic E-state index is 0.128. The van der Waals surface area contributed by atoms with Crippen LogP contribution in [0.2, 0.25) is 0 Å². The van der Waals surface area contributed by atoms with Crippen LogP contribution in [-0.4, -0.2) is 36.2 Å². The minimum Gasteiger partial charge on any atom is -0.481 e. The topological polar surface area (TPSA) is 87.7 Å². The van der Waals surface area contributed by atoms with E-state index in [2.05, 4.69) is 10.6 Å². The van der Waals surface area contributed by atoms with Crippen LogP contribution in [0.3, 0.4) is 0 Å². The number of carboxylic acids is 1. The largest absolute Gasteiger partial charge is 0.481 e. The van der Waals surface area contributed by atoms with Crippen molar-refractivity contribution in [1.82, 2.24) is 0 Å². The fourth-order valence-electron chi connectivity index (χ4n) is 5.34. The molecular formula is C25H26F4N2O4. The van der Waals surface area contributed by atoms with E-state index in [1.807, 2.05) is 24.3 Å². The Morgan fingerprint density at radius 1 is 1.11 bits per heavy atom. The summed E-state index contributed by atoms with van der Waals surface area (Å²) in [5.41, 5.74) is -0.731. The van der Waals surface area contributed by atoms with Gasteiger partial charge in [0.2, 0.25) is 5.91 Å². The highest BCUT2D eigenvalue weighted by Gasteiger charge is 2.53. The molecule has 0 unspecified atom stereocenters. The number of halogens is 4. The summed E-state index contributed by atoms with van der Waals surface area (Å²) in [6, 6.07) is 9.07. The van der Waals surface area contributed by atoms with E-state index < -0.39 is 58.5 Å². The Morgan fingerprint density at radius 2 is 1.83 bits per heavy atom. The highest BCUT2D eigenvalue weighted by atomic mass is 19.4. The molecular weight excluding hydrogens is 468 g/mol. The van der Waals surface area contributed by atoms with Gasteiger partial charge < -0.3 is 20.5 Å². The van der Waals surface area contributed by atoms with Gasteiger partial charge in [0.15, 0.2) is 0 Å². The minimum atomic E-state index is -4.73. The number of aliphatic carboxylic acids is 1. The highest BCUT2D eigenvalue weighted by Crippen LogP contribution is 2.51. The average Bonchev–Trinajstić information content (AvgIpc) is 3.26. The van der Waals surface area contributed by atoms with Crippen LogP contribution in [0.15, 0.2) is 42.5 Å². The maximum Gasteiger partial charge on any atom is 0.416 e. The number of alkyl halides is 3. The standard InChI is InChI=1S/C25H26F4N2O4/c1-30-16-6-3-14(4-7-16)17-12-24(9-2-10-35-24)13-18(21(17)23(33)34)22(32)31-20-8-5-15(11-19(20)26)25(27,28)29/h3-8,11,17-18,21,30H,2,9-10,12-13H2,1H3,(H,31,32)(H,33,34)/t17-,18-,21-,24-/m1/s1. The summed E-state index contributed by atoms with van der Waals surface area (Å²) in [7, 11) is 1.76. The van der Waals surface area contributed by atoms with Crippen molar-refractivity contribution < 1.29 is 37.0 Å².